The summed E-state index contributed by atoms with van der Waals surface area (Å²) in [5.41, 5.74) is 0. The highest BCUT2D eigenvalue weighted by Crippen LogP contribution is 2.00. The van der Waals surface area contributed by atoms with Crippen molar-refractivity contribution in [2.45, 2.75) is 12.2 Å². The van der Waals surface area contributed by atoms with Gasteiger partial charge in [0, 0.05) is 10.7 Å². The van der Waals surface area contributed by atoms with Gasteiger partial charge in [-0.15, -0.1) is 0 Å². The summed E-state index contributed by atoms with van der Waals surface area (Å²) in [5.74, 6) is 0. The number of hydrogen-bond acceptors (Lipinski definition) is 2. The number of halogens is 2. The lowest BCUT2D eigenvalue weighted by atomic mass is 10.3. The zero-order valence-corrected chi connectivity index (χ0v) is 7.39. The Balaban J connectivity index is 3.29. The summed E-state index contributed by atoms with van der Waals surface area (Å²) in [5, 5.41) is 18.4. The molecule has 0 amide bonds. The van der Waals surface area contributed by atoms with Crippen molar-refractivity contribution in [2.75, 3.05) is 10.7 Å². The van der Waals surface area contributed by atoms with Crippen molar-refractivity contribution in [1.29, 1.82) is 0 Å². The van der Waals surface area contributed by atoms with Gasteiger partial charge in [-0.1, -0.05) is 31.9 Å². The van der Waals surface area contributed by atoms with E-state index < -0.39 is 12.2 Å². The van der Waals surface area contributed by atoms with Gasteiger partial charge in [-0.3, -0.25) is 0 Å². The molecule has 0 fully saturated rings. The molecule has 8 heavy (non-hydrogen) atoms. The molecule has 0 aliphatic rings. The molecule has 0 aliphatic carbocycles. The first kappa shape index (κ1) is 8.88. The zero-order valence-electron chi connectivity index (χ0n) is 4.22. The molecule has 0 aromatic rings. The highest BCUT2D eigenvalue weighted by molar-refractivity contribution is 9.09. The van der Waals surface area contributed by atoms with Gasteiger partial charge in [0.05, 0.1) is 12.2 Å². The van der Waals surface area contributed by atoms with Crippen LogP contribution in [0.3, 0.4) is 0 Å². The molecule has 0 aromatic heterocycles. The van der Waals surface area contributed by atoms with Crippen molar-refractivity contribution >= 4 is 31.9 Å². The minimum atomic E-state index is -0.658. The third-order valence-corrected chi connectivity index (χ3v) is 2.09. The second-order valence-corrected chi connectivity index (χ2v) is 2.74. The van der Waals surface area contributed by atoms with Crippen LogP contribution in [0, 0.1) is 0 Å². The lowest BCUT2D eigenvalue weighted by molar-refractivity contribution is 0.0515. The van der Waals surface area contributed by atoms with E-state index >= 15 is 0 Å². The first-order valence-corrected chi connectivity index (χ1v) is 4.44. The van der Waals surface area contributed by atoms with Gasteiger partial charge in [-0.05, 0) is 0 Å². The van der Waals surface area contributed by atoms with E-state index in [-0.39, 0.29) is 0 Å². The van der Waals surface area contributed by atoms with E-state index in [0.717, 1.165) is 0 Å². The van der Waals surface area contributed by atoms with Gasteiger partial charge >= 0.3 is 0 Å². The molecule has 0 spiro atoms. The molecule has 0 aliphatic heterocycles. The first-order valence-electron chi connectivity index (χ1n) is 2.20. The number of hydrogen-bond donors (Lipinski definition) is 2. The van der Waals surface area contributed by atoms with Gasteiger partial charge in [0.2, 0.25) is 0 Å². The van der Waals surface area contributed by atoms with Crippen LogP contribution in [0.1, 0.15) is 0 Å². The Labute approximate surface area is 65.2 Å². The van der Waals surface area contributed by atoms with E-state index in [4.69, 9.17) is 10.2 Å². The molecule has 4 heteroatoms. The van der Waals surface area contributed by atoms with Gasteiger partial charge in [-0.25, -0.2) is 0 Å². The van der Waals surface area contributed by atoms with Crippen LogP contribution in [0.25, 0.3) is 0 Å². The van der Waals surface area contributed by atoms with Crippen molar-refractivity contribution in [3.63, 3.8) is 0 Å². The van der Waals surface area contributed by atoms with Crippen LogP contribution in [0.15, 0.2) is 0 Å². The summed E-state index contributed by atoms with van der Waals surface area (Å²) < 4.78 is 0. The number of rotatable bonds is 3. The molecule has 0 radical (unpaired) electrons. The number of alkyl halides is 2. The average molecular weight is 248 g/mol. The van der Waals surface area contributed by atoms with Gasteiger partial charge < -0.3 is 10.2 Å². The zero-order chi connectivity index (χ0) is 6.57. The van der Waals surface area contributed by atoms with Crippen LogP contribution in [-0.2, 0) is 0 Å². The maximum atomic E-state index is 8.80. The van der Waals surface area contributed by atoms with Crippen LogP contribution in [0.4, 0.5) is 0 Å². The minimum Gasteiger partial charge on any atom is -0.390 e. The van der Waals surface area contributed by atoms with Crippen molar-refractivity contribution in [3.05, 3.63) is 0 Å². The Morgan fingerprint density at radius 1 is 1.00 bits per heavy atom. The normalized spacial score (nSPS) is 18.0. The van der Waals surface area contributed by atoms with Crippen LogP contribution in [0.2, 0.25) is 0 Å². The van der Waals surface area contributed by atoms with Crippen LogP contribution < -0.4 is 0 Å². The van der Waals surface area contributed by atoms with Gasteiger partial charge in [0.1, 0.15) is 0 Å². The Morgan fingerprint density at radius 3 is 1.38 bits per heavy atom. The summed E-state index contributed by atoms with van der Waals surface area (Å²) in [6.07, 6.45) is -1.32. The van der Waals surface area contributed by atoms with E-state index in [0.29, 0.717) is 10.7 Å². The van der Waals surface area contributed by atoms with Crippen LogP contribution >= 0.6 is 31.9 Å². The fraction of sp³-hybridized carbons (Fsp3) is 1.00. The van der Waals surface area contributed by atoms with E-state index in [9.17, 15) is 0 Å². The predicted octanol–water partition coefficient (Wildman–Crippen LogP) is 0.498. The van der Waals surface area contributed by atoms with Crippen LogP contribution in [0.5, 0.6) is 0 Å². The molecule has 0 aromatic carbocycles. The smallest absolute Gasteiger partial charge is 0.0903 e. The molecule has 0 saturated heterocycles. The average Bonchev–Trinajstić information content (AvgIpc) is 1.84. The topological polar surface area (TPSA) is 40.5 Å². The lowest BCUT2D eigenvalue weighted by Gasteiger charge is -2.10. The van der Waals surface area contributed by atoms with Gasteiger partial charge in [0.25, 0.3) is 0 Å². The van der Waals surface area contributed by atoms with Crippen molar-refractivity contribution in [1.82, 2.24) is 0 Å². The molecule has 2 nitrogen and oxygen atoms in total. The lowest BCUT2D eigenvalue weighted by Crippen LogP contribution is -2.28. The van der Waals surface area contributed by atoms with E-state index in [1.165, 1.54) is 0 Å². The molecule has 2 atom stereocenters. The minimum absolute atomic E-state index is 0.416. The molecule has 1 unspecified atom stereocenters. The quantitative estimate of drug-likeness (QED) is 0.714. The highest BCUT2D eigenvalue weighted by atomic mass is 79.9. The number of aliphatic hydroxyl groups excluding tert-OH is 2. The highest BCUT2D eigenvalue weighted by Gasteiger charge is 2.11. The molecule has 0 saturated carbocycles. The van der Waals surface area contributed by atoms with E-state index in [1.54, 1.807) is 0 Å². The summed E-state index contributed by atoms with van der Waals surface area (Å²) >= 11 is 6.05. The fourth-order valence-corrected chi connectivity index (χ4v) is 1.07. The summed E-state index contributed by atoms with van der Waals surface area (Å²) in [6, 6.07) is 0. The van der Waals surface area contributed by atoms with E-state index in [1.807, 2.05) is 0 Å². The third kappa shape index (κ3) is 3.02. The Hall–Kier alpha value is 0.880. The standard InChI is InChI=1S/C4H8Br2O2/c5-1-3(7)4(8)2-6/h3-4,7-8H,1-2H2/t3-,4?/m1/s1. The Kier molecular flexibility index (Phi) is 5.25. The van der Waals surface area contributed by atoms with E-state index in [2.05, 4.69) is 31.9 Å². The largest absolute Gasteiger partial charge is 0.390 e. The van der Waals surface area contributed by atoms with Crippen LogP contribution in [-0.4, -0.2) is 33.1 Å². The predicted molar refractivity (Wildman–Crippen MR) is 39.6 cm³/mol. The summed E-state index contributed by atoms with van der Waals surface area (Å²) in [6.45, 7) is 0. The Bertz CT molecular complexity index is 52.0. The third-order valence-electron chi connectivity index (χ3n) is 0.760. The molecule has 50 valence electrons. The van der Waals surface area contributed by atoms with Gasteiger partial charge in [-0.2, -0.15) is 0 Å². The van der Waals surface area contributed by atoms with Gasteiger partial charge in [0.15, 0.2) is 0 Å². The van der Waals surface area contributed by atoms with Crippen molar-refractivity contribution in [3.8, 4) is 0 Å². The maximum absolute atomic E-state index is 8.80. The second kappa shape index (κ2) is 4.73. The second-order valence-electron chi connectivity index (χ2n) is 1.44. The first-order chi connectivity index (χ1) is 3.72. The molecule has 0 heterocycles. The fourth-order valence-electron chi connectivity index (χ4n) is 0.206. The molecular weight excluding hydrogens is 240 g/mol. The SMILES string of the molecule is OC(CBr)[C@H](O)CBr. The number of aliphatic hydroxyl groups is 2. The molecule has 0 rings (SSSR count). The summed E-state index contributed by atoms with van der Waals surface area (Å²) in [4.78, 5) is 0. The van der Waals surface area contributed by atoms with Crippen molar-refractivity contribution < 1.29 is 10.2 Å². The molecule has 2 N–H and O–H groups in total. The maximum Gasteiger partial charge on any atom is 0.0903 e. The summed E-state index contributed by atoms with van der Waals surface area (Å²) in [7, 11) is 0. The molecular formula is C4H8Br2O2. The molecule has 0 bridgehead atoms. The monoisotopic (exact) mass is 246 g/mol. The Morgan fingerprint density at radius 2 is 1.25 bits per heavy atom. The van der Waals surface area contributed by atoms with Crippen molar-refractivity contribution in [2.24, 2.45) is 0 Å².